The molecule has 2 N–H and O–H groups in total. The van der Waals surface area contributed by atoms with E-state index >= 15 is 0 Å². The van der Waals surface area contributed by atoms with Crippen molar-refractivity contribution in [1.29, 1.82) is 0 Å². The molecule has 1 aromatic carbocycles. The molecule has 0 saturated heterocycles. The van der Waals surface area contributed by atoms with E-state index in [2.05, 4.69) is 20.8 Å². The van der Waals surface area contributed by atoms with Gasteiger partial charge in [-0.3, -0.25) is 0 Å². The van der Waals surface area contributed by atoms with Gasteiger partial charge in [0.25, 0.3) is 0 Å². The lowest BCUT2D eigenvalue weighted by Gasteiger charge is -2.13. The quantitative estimate of drug-likeness (QED) is 0.844. The van der Waals surface area contributed by atoms with Crippen molar-refractivity contribution in [3.63, 3.8) is 0 Å². The van der Waals surface area contributed by atoms with Gasteiger partial charge in [0.1, 0.15) is 5.82 Å². The molecule has 0 radical (unpaired) electrons. The number of rotatable bonds is 5. The Balaban J connectivity index is 3.16. The van der Waals surface area contributed by atoms with Crippen LogP contribution in [0.25, 0.3) is 0 Å². The second-order valence-corrected chi connectivity index (χ2v) is 3.81. The highest BCUT2D eigenvalue weighted by molar-refractivity contribution is 9.10. The number of halogens is 2. The summed E-state index contributed by atoms with van der Waals surface area (Å²) in [5.41, 5.74) is 0.454. The molecular weight excluding hydrogens is 281 g/mol. The SMILES string of the molecule is COc1cc(CCON)c(F)c(Br)c1OC. The molecule has 0 bridgehead atoms. The van der Waals surface area contributed by atoms with Crippen LogP contribution in [0.5, 0.6) is 11.5 Å². The van der Waals surface area contributed by atoms with E-state index in [0.29, 0.717) is 23.5 Å². The van der Waals surface area contributed by atoms with Gasteiger partial charge >= 0.3 is 0 Å². The number of hydrogen-bond donors (Lipinski definition) is 1. The predicted molar refractivity (Wildman–Crippen MR) is 61.0 cm³/mol. The Morgan fingerprint density at radius 1 is 1.38 bits per heavy atom. The van der Waals surface area contributed by atoms with Crippen LogP contribution in [0.1, 0.15) is 5.56 Å². The highest BCUT2D eigenvalue weighted by atomic mass is 79.9. The highest BCUT2D eigenvalue weighted by Crippen LogP contribution is 2.38. The molecule has 6 heteroatoms. The average Bonchev–Trinajstić information content (AvgIpc) is 2.30. The van der Waals surface area contributed by atoms with Gasteiger partial charge in [-0.25, -0.2) is 10.3 Å². The largest absolute Gasteiger partial charge is 0.493 e. The Kier molecular flexibility index (Phi) is 4.98. The minimum atomic E-state index is -0.394. The van der Waals surface area contributed by atoms with E-state index in [1.807, 2.05) is 0 Å². The third-order valence-corrected chi connectivity index (χ3v) is 2.82. The van der Waals surface area contributed by atoms with Gasteiger partial charge in [0, 0.05) is 6.42 Å². The zero-order valence-electron chi connectivity index (χ0n) is 9.05. The zero-order valence-corrected chi connectivity index (χ0v) is 10.6. The smallest absolute Gasteiger partial charge is 0.177 e. The van der Waals surface area contributed by atoms with E-state index in [4.69, 9.17) is 15.4 Å². The van der Waals surface area contributed by atoms with Gasteiger partial charge < -0.3 is 14.3 Å². The molecule has 4 nitrogen and oxygen atoms in total. The average molecular weight is 294 g/mol. The van der Waals surface area contributed by atoms with Crippen LogP contribution < -0.4 is 15.4 Å². The third kappa shape index (κ3) is 2.63. The second-order valence-electron chi connectivity index (χ2n) is 3.02. The summed E-state index contributed by atoms with van der Waals surface area (Å²) in [6.07, 6.45) is 0.362. The minimum Gasteiger partial charge on any atom is -0.493 e. The van der Waals surface area contributed by atoms with Crippen LogP contribution >= 0.6 is 15.9 Å². The predicted octanol–water partition coefficient (Wildman–Crippen LogP) is 2.04. The Hall–Kier alpha value is -0.850. The molecule has 0 aromatic heterocycles. The summed E-state index contributed by atoms with van der Waals surface area (Å²) < 4.78 is 24.2. The third-order valence-electron chi connectivity index (χ3n) is 2.12. The molecule has 0 amide bonds. The Morgan fingerprint density at radius 3 is 2.56 bits per heavy atom. The molecule has 1 rings (SSSR count). The molecule has 16 heavy (non-hydrogen) atoms. The summed E-state index contributed by atoms with van der Waals surface area (Å²) in [6, 6.07) is 1.57. The normalized spacial score (nSPS) is 10.3. The van der Waals surface area contributed by atoms with Crippen LogP contribution in [0.3, 0.4) is 0 Å². The molecule has 1 aromatic rings. The zero-order chi connectivity index (χ0) is 12.1. The van der Waals surface area contributed by atoms with E-state index < -0.39 is 5.82 Å². The van der Waals surface area contributed by atoms with Crippen LogP contribution in [0.2, 0.25) is 0 Å². The first-order valence-electron chi connectivity index (χ1n) is 4.56. The van der Waals surface area contributed by atoms with Crippen molar-refractivity contribution < 1.29 is 18.7 Å². The number of methoxy groups -OCH3 is 2. The van der Waals surface area contributed by atoms with Crippen molar-refractivity contribution in [2.45, 2.75) is 6.42 Å². The maximum Gasteiger partial charge on any atom is 0.177 e. The molecule has 0 saturated carbocycles. The lowest BCUT2D eigenvalue weighted by atomic mass is 10.1. The van der Waals surface area contributed by atoms with Gasteiger partial charge in [0.15, 0.2) is 11.5 Å². The minimum absolute atomic E-state index is 0.235. The molecule has 0 spiro atoms. The van der Waals surface area contributed by atoms with Crippen molar-refractivity contribution in [1.82, 2.24) is 0 Å². The van der Waals surface area contributed by atoms with Gasteiger partial charge in [0.2, 0.25) is 0 Å². The first kappa shape index (κ1) is 13.2. The number of ether oxygens (including phenoxy) is 2. The summed E-state index contributed by atoms with van der Waals surface area (Å²) in [5.74, 6) is 5.30. The lowest BCUT2D eigenvalue weighted by Crippen LogP contribution is -2.06. The summed E-state index contributed by atoms with van der Waals surface area (Å²) >= 11 is 3.12. The summed E-state index contributed by atoms with van der Waals surface area (Å²) in [4.78, 5) is 4.42. The fourth-order valence-electron chi connectivity index (χ4n) is 1.33. The molecule has 0 unspecified atom stereocenters. The Bertz CT molecular complexity index is 374. The number of hydrogen-bond acceptors (Lipinski definition) is 4. The van der Waals surface area contributed by atoms with Crippen molar-refractivity contribution in [2.24, 2.45) is 5.90 Å². The molecule has 0 atom stereocenters. The van der Waals surface area contributed by atoms with E-state index in [1.165, 1.54) is 14.2 Å². The molecule has 0 aliphatic carbocycles. The van der Waals surface area contributed by atoms with E-state index in [9.17, 15) is 4.39 Å². The van der Waals surface area contributed by atoms with Gasteiger partial charge in [0.05, 0.1) is 25.3 Å². The second kappa shape index (κ2) is 6.03. The van der Waals surface area contributed by atoms with Crippen molar-refractivity contribution >= 4 is 15.9 Å². The van der Waals surface area contributed by atoms with E-state index in [0.717, 1.165) is 0 Å². The molecular formula is C10H13BrFNO3. The summed E-state index contributed by atoms with van der Waals surface area (Å²) in [7, 11) is 2.94. The van der Waals surface area contributed by atoms with Crippen LogP contribution in [-0.4, -0.2) is 20.8 Å². The summed E-state index contributed by atoms with van der Waals surface area (Å²) in [6.45, 7) is 0.235. The fourth-order valence-corrected chi connectivity index (χ4v) is 1.94. The fraction of sp³-hybridized carbons (Fsp3) is 0.400. The topological polar surface area (TPSA) is 53.7 Å². The van der Waals surface area contributed by atoms with Crippen LogP contribution in [0.15, 0.2) is 10.5 Å². The van der Waals surface area contributed by atoms with E-state index in [-0.39, 0.29) is 11.1 Å². The standard InChI is InChI=1S/C10H13BrFNO3/c1-14-7-5-6(3-4-16-13)9(12)8(11)10(7)15-2/h5H,3-4,13H2,1-2H3. The van der Waals surface area contributed by atoms with Crippen LogP contribution in [0.4, 0.5) is 4.39 Å². The van der Waals surface area contributed by atoms with Crippen LogP contribution in [-0.2, 0) is 11.3 Å². The lowest BCUT2D eigenvalue weighted by molar-refractivity contribution is 0.140. The van der Waals surface area contributed by atoms with Gasteiger partial charge in [-0.15, -0.1) is 0 Å². The van der Waals surface area contributed by atoms with Gasteiger partial charge in [-0.1, -0.05) is 0 Å². The van der Waals surface area contributed by atoms with Gasteiger partial charge in [-0.05, 0) is 27.6 Å². The first-order chi connectivity index (χ1) is 7.65. The highest BCUT2D eigenvalue weighted by Gasteiger charge is 2.17. The first-order valence-corrected chi connectivity index (χ1v) is 5.35. The molecule has 0 fully saturated rings. The molecule has 90 valence electrons. The molecule has 0 heterocycles. The maximum atomic E-state index is 13.8. The maximum absolute atomic E-state index is 13.8. The van der Waals surface area contributed by atoms with E-state index in [1.54, 1.807) is 6.07 Å². The van der Waals surface area contributed by atoms with Crippen molar-refractivity contribution in [3.8, 4) is 11.5 Å². The molecule has 0 aliphatic rings. The summed E-state index contributed by atoms with van der Waals surface area (Å²) in [5, 5.41) is 0. The Labute approximate surface area is 102 Å². The number of nitrogens with two attached hydrogens (primary N) is 1. The number of benzene rings is 1. The molecule has 0 aliphatic heterocycles. The van der Waals surface area contributed by atoms with Crippen LogP contribution in [0, 0.1) is 5.82 Å². The van der Waals surface area contributed by atoms with Gasteiger partial charge in [-0.2, -0.15) is 0 Å². The monoisotopic (exact) mass is 293 g/mol. The van der Waals surface area contributed by atoms with Crippen molar-refractivity contribution in [3.05, 3.63) is 21.9 Å². The van der Waals surface area contributed by atoms with Crippen molar-refractivity contribution in [2.75, 3.05) is 20.8 Å². The Morgan fingerprint density at radius 2 is 2.06 bits per heavy atom.